The minimum Gasteiger partial charge on any atom is -0.351 e. The number of fused-ring (bicyclic) bond motifs is 4. The highest BCUT2D eigenvalue weighted by atomic mass is 35.5. The van der Waals surface area contributed by atoms with Gasteiger partial charge < -0.3 is 26.6 Å². The molecule has 0 fully saturated rings. The van der Waals surface area contributed by atoms with E-state index in [9.17, 15) is 19.2 Å². The quantitative estimate of drug-likeness (QED) is 0.325. The Labute approximate surface area is 271 Å². The molecule has 238 valence electrons. The number of carbonyl (C=O) groups excluding carboxylic acids is 4. The molecule has 0 unspecified atom stereocenters. The lowest BCUT2D eigenvalue weighted by Gasteiger charge is -2.23. The first-order chi connectivity index (χ1) is 20.7. The van der Waals surface area contributed by atoms with Crippen molar-refractivity contribution in [1.82, 2.24) is 30.8 Å². The zero-order valence-electron chi connectivity index (χ0n) is 24.9. The minimum absolute atomic E-state index is 0. The predicted octanol–water partition coefficient (Wildman–Crippen LogP) is 3.64. The number of carbonyl (C=O) groups is 4. The van der Waals surface area contributed by atoms with Crippen molar-refractivity contribution in [2.24, 2.45) is 11.7 Å². The van der Waals surface area contributed by atoms with Gasteiger partial charge in [0.05, 0.1) is 18.6 Å². The van der Waals surface area contributed by atoms with E-state index in [0.29, 0.717) is 55.3 Å². The smallest absolute Gasteiger partial charge is 0.271 e. The molecule has 1 aromatic carbocycles. The van der Waals surface area contributed by atoms with Crippen LogP contribution in [0.1, 0.15) is 88.2 Å². The highest BCUT2D eigenvalue weighted by Crippen LogP contribution is 2.27. The third-order valence-electron chi connectivity index (χ3n) is 6.99. The number of nitrogens with zero attached hydrogens (tertiary/aromatic N) is 3. The van der Waals surface area contributed by atoms with E-state index in [0.717, 1.165) is 5.56 Å². The summed E-state index contributed by atoms with van der Waals surface area (Å²) in [5.74, 6) is -0.748. The summed E-state index contributed by atoms with van der Waals surface area (Å²) >= 11 is 2.64. The van der Waals surface area contributed by atoms with Crippen LogP contribution in [-0.2, 0) is 16.0 Å². The van der Waals surface area contributed by atoms with Crippen molar-refractivity contribution in [3.63, 3.8) is 0 Å². The zero-order chi connectivity index (χ0) is 30.8. The average molecular weight is 662 g/mol. The number of halogens is 1. The van der Waals surface area contributed by atoms with E-state index < -0.39 is 6.04 Å². The molecule has 2 atom stereocenters. The van der Waals surface area contributed by atoms with Crippen LogP contribution in [0.15, 0.2) is 41.1 Å². The summed E-state index contributed by atoms with van der Waals surface area (Å²) in [5.41, 5.74) is 7.16. The summed E-state index contributed by atoms with van der Waals surface area (Å²) in [7, 11) is 0. The Balaban J connectivity index is 0.00000529. The van der Waals surface area contributed by atoms with Gasteiger partial charge in [0.25, 0.3) is 11.8 Å². The van der Waals surface area contributed by atoms with Crippen molar-refractivity contribution in [1.29, 1.82) is 0 Å². The lowest BCUT2D eigenvalue weighted by molar-refractivity contribution is -0.130. The number of rotatable bonds is 5. The maximum atomic E-state index is 13.4. The number of nitrogens with one attached hydrogen (secondary N) is 3. The number of amides is 4. The van der Waals surface area contributed by atoms with Gasteiger partial charge in [-0.05, 0) is 37.2 Å². The van der Waals surface area contributed by atoms with Gasteiger partial charge in [-0.25, -0.2) is 9.97 Å². The lowest BCUT2D eigenvalue weighted by Crippen LogP contribution is -2.39. The molecular weight excluding hydrogens is 622 g/mol. The van der Waals surface area contributed by atoms with Crippen molar-refractivity contribution in [3.8, 4) is 0 Å². The molecule has 0 aliphatic carbocycles. The third kappa shape index (κ3) is 10.1. The topological polar surface area (TPSA) is 159 Å². The molecule has 3 aromatic rings. The zero-order valence-corrected chi connectivity index (χ0v) is 27.4. The molecule has 3 heterocycles. The number of thiazole rings is 2. The van der Waals surface area contributed by atoms with Crippen molar-refractivity contribution in [2.75, 3.05) is 26.2 Å². The van der Waals surface area contributed by atoms with Crippen LogP contribution in [0.5, 0.6) is 0 Å². The third-order valence-corrected chi connectivity index (χ3v) is 8.90. The fourth-order valence-corrected chi connectivity index (χ4v) is 6.54. The minimum atomic E-state index is -0.484. The van der Waals surface area contributed by atoms with Gasteiger partial charge in [0.15, 0.2) is 0 Å². The molecule has 14 heteroatoms. The fraction of sp³-hybridized carbons (Fsp3) is 0.467. The first-order valence-electron chi connectivity index (χ1n) is 14.5. The molecule has 0 spiro atoms. The SMILES string of the molecule is CC(C)C[C@@H]1NC(=O)CCCN(C(=O)CN)CCCNC(=O)c2csc(n2)[C@H](Cc2ccccc2)NC(=O)c2csc1n2.Cl. The van der Waals surface area contributed by atoms with E-state index >= 15 is 0 Å². The molecule has 5 N–H and O–H groups in total. The second-order valence-corrected chi connectivity index (χ2v) is 12.7. The maximum Gasteiger partial charge on any atom is 0.271 e. The largest absolute Gasteiger partial charge is 0.351 e. The van der Waals surface area contributed by atoms with Gasteiger partial charge >= 0.3 is 0 Å². The summed E-state index contributed by atoms with van der Waals surface area (Å²) in [6.45, 7) is 5.14. The molecular formula is C30H40ClN7O4S2. The summed E-state index contributed by atoms with van der Waals surface area (Å²) in [6.07, 6.45) is 2.36. The van der Waals surface area contributed by atoms with Gasteiger partial charge in [-0.15, -0.1) is 35.1 Å². The standard InChI is InChI=1S/C30H39N7O4S2.ClH/c1-19(2)14-21-29-36-24(18-43-29)28(41)34-22(15-20-8-4-3-5-9-20)30-35-23(17-42-30)27(40)32-11-7-13-37(26(39)16-31)12-6-10-25(38)33-21;/h3-5,8-9,17-19,21-22H,6-7,10-16,31H2,1-2H3,(H,32,40)(H,33,38)(H,34,41);1H/t21-,22-;/m0./s1. The molecule has 2 aromatic heterocycles. The summed E-state index contributed by atoms with van der Waals surface area (Å²) in [4.78, 5) is 62.5. The van der Waals surface area contributed by atoms with E-state index in [-0.39, 0.29) is 72.3 Å². The van der Waals surface area contributed by atoms with Crippen LogP contribution in [0.2, 0.25) is 0 Å². The molecule has 0 saturated carbocycles. The second kappa shape index (κ2) is 17.2. The number of benzene rings is 1. The molecule has 4 amide bonds. The van der Waals surface area contributed by atoms with E-state index in [1.807, 2.05) is 30.3 Å². The monoisotopic (exact) mass is 661 g/mol. The molecule has 4 bridgehead atoms. The molecule has 0 radical (unpaired) electrons. The van der Waals surface area contributed by atoms with Gasteiger partial charge in [-0.1, -0.05) is 44.2 Å². The Morgan fingerprint density at radius 2 is 1.59 bits per heavy atom. The van der Waals surface area contributed by atoms with Gasteiger partial charge in [-0.2, -0.15) is 0 Å². The van der Waals surface area contributed by atoms with Gasteiger partial charge in [0.1, 0.15) is 21.4 Å². The fourth-order valence-electron chi connectivity index (χ4n) is 4.83. The molecule has 4 rings (SSSR count). The summed E-state index contributed by atoms with van der Waals surface area (Å²) in [5, 5.41) is 13.7. The Morgan fingerprint density at radius 3 is 2.25 bits per heavy atom. The maximum absolute atomic E-state index is 13.4. The number of aromatic nitrogens is 2. The predicted molar refractivity (Wildman–Crippen MR) is 174 cm³/mol. The van der Waals surface area contributed by atoms with Crippen molar-refractivity contribution >= 4 is 58.7 Å². The lowest BCUT2D eigenvalue weighted by atomic mass is 10.0. The first kappa shape index (κ1) is 35.1. The number of hydrogen-bond acceptors (Lipinski definition) is 9. The van der Waals surface area contributed by atoms with Crippen molar-refractivity contribution < 1.29 is 19.2 Å². The van der Waals surface area contributed by atoms with Crippen LogP contribution in [0.25, 0.3) is 0 Å². The van der Waals surface area contributed by atoms with Crippen LogP contribution >= 0.6 is 35.1 Å². The van der Waals surface area contributed by atoms with Crippen LogP contribution < -0.4 is 21.7 Å². The van der Waals surface area contributed by atoms with Gasteiger partial charge in [0.2, 0.25) is 11.8 Å². The van der Waals surface area contributed by atoms with Crippen LogP contribution in [0, 0.1) is 5.92 Å². The molecule has 44 heavy (non-hydrogen) atoms. The van der Waals surface area contributed by atoms with E-state index in [1.54, 1.807) is 15.7 Å². The first-order valence-corrected chi connectivity index (χ1v) is 16.3. The second-order valence-electron chi connectivity index (χ2n) is 10.9. The van der Waals surface area contributed by atoms with Crippen LogP contribution in [0.4, 0.5) is 0 Å². The Bertz CT molecular complexity index is 1400. The van der Waals surface area contributed by atoms with Crippen molar-refractivity contribution in [2.45, 2.75) is 58.0 Å². The highest BCUT2D eigenvalue weighted by Gasteiger charge is 2.25. The van der Waals surface area contributed by atoms with Gasteiger partial charge in [-0.3, -0.25) is 19.2 Å². The number of hydrogen-bond donors (Lipinski definition) is 4. The van der Waals surface area contributed by atoms with Crippen LogP contribution in [-0.4, -0.2) is 64.7 Å². The molecule has 1 aliphatic rings. The van der Waals surface area contributed by atoms with Crippen molar-refractivity contribution in [3.05, 3.63) is 68.1 Å². The Kier molecular flexibility index (Phi) is 13.7. The Morgan fingerprint density at radius 1 is 0.955 bits per heavy atom. The van der Waals surface area contributed by atoms with E-state index in [4.69, 9.17) is 5.73 Å². The average Bonchev–Trinajstić information content (AvgIpc) is 3.68. The molecule has 1 aliphatic heterocycles. The van der Waals surface area contributed by atoms with Crippen LogP contribution in [0.3, 0.4) is 0 Å². The normalized spacial score (nSPS) is 18.8. The Hall–Kier alpha value is -3.39. The highest BCUT2D eigenvalue weighted by molar-refractivity contribution is 7.10. The summed E-state index contributed by atoms with van der Waals surface area (Å²) in [6, 6.07) is 8.93. The number of nitrogens with two attached hydrogens (primary N) is 1. The molecule has 11 nitrogen and oxygen atoms in total. The van der Waals surface area contributed by atoms with E-state index in [2.05, 4.69) is 39.8 Å². The molecule has 0 saturated heterocycles. The summed E-state index contributed by atoms with van der Waals surface area (Å²) < 4.78 is 0. The van der Waals surface area contributed by atoms with E-state index in [1.165, 1.54) is 22.7 Å². The van der Waals surface area contributed by atoms with Gasteiger partial charge in [0, 0.05) is 36.8 Å².